The fourth-order valence-corrected chi connectivity index (χ4v) is 0.437. The zero-order valence-electron chi connectivity index (χ0n) is 7.22. The van der Waals surface area contributed by atoms with Gasteiger partial charge < -0.3 is 5.32 Å². The maximum absolute atomic E-state index is 4.81. The first kappa shape index (κ1) is 10.4. The minimum atomic E-state index is 0.502. The van der Waals surface area contributed by atoms with E-state index in [4.69, 9.17) is 12.2 Å². The highest BCUT2D eigenvalue weighted by Crippen LogP contribution is 1.93. The molecule has 0 aliphatic heterocycles. The van der Waals surface area contributed by atoms with Crippen LogP contribution < -0.4 is 10.7 Å². The van der Waals surface area contributed by atoms with Gasteiger partial charge in [-0.15, -0.1) is 0 Å². The molecule has 0 aliphatic carbocycles. The van der Waals surface area contributed by atoms with E-state index < -0.39 is 0 Å². The van der Waals surface area contributed by atoms with Crippen LogP contribution in [0.15, 0.2) is 5.10 Å². The Morgan fingerprint density at radius 2 is 2.36 bits per heavy atom. The van der Waals surface area contributed by atoms with Crippen LogP contribution in [0.3, 0.4) is 0 Å². The summed E-state index contributed by atoms with van der Waals surface area (Å²) in [5, 5.41) is 7.24. The molecule has 0 saturated carbocycles. The average Bonchev–Trinajstić information content (AvgIpc) is 2.04. The van der Waals surface area contributed by atoms with Gasteiger partial charge in [0, 0.05) is 13.3 Å². The number of hydrazone groups is 1. The van der Waals surface area contributed by atoms with Crippen molar-refractivity contribution in [2.75, 3.05) is 7.05 Å². The molecule has 4 heteroatoms. The van der Waals surface area contributed by atoms with Gasteiger partial charge in [-0.1, -0.05) is 13.8 Å². The summed E-state index contributed by atoms with van der Waals surface area (Å²) in [5.74, 6) is 0.502. The zero-order chi connectivity index (χ0) is 8.69. The summed E-state index contributed by atoms with van der Waals surface area (Å²) in [6.45, 7) is 4.22. The van der Waals surface area contributed by atoms with E-state index in [1.54, 1.807) is 7.05 Å². The fourth-order valence-electron chi connectivity index (χ4n) is 0.384. The summed E-state index contributed by atoms with van der Waals surface area (Å²) in [6.07, 6.45) is 2.95. The van der Waals surface area contributed by atoms with Gasteiger partial charge in [-0.05, 0) is 24.6 Å². The molecule has 2 N–H and O–H groups in total. The Morgan fingerprint density at radius 1 is 1.73 bits per heavy atom. The molecule has 0 aromatic carbocycles. The van der Waals surface area contributed by atoms with Crippen LogP contribution in [0.1, 0.15) is 20.3 Å². The van der Waals surface area contributed by atoms with Crippen LogP contribution in [0.25, 0.3) is 0 Å². The first-order valence-corrected chi connectivity index (χ1v) is 4.12. The minimum Gasteiger partial charge on any atom is -0.364 e. The molecule has 3 nitrogen and oxygen atoms in total. The van der Waals surface area contributed by atoms with Crippen LogP contribution in [0, 0.1) is 5.92 Å². The van der Waals surface area contributed by atoms with Crippen molar-refractivity contribution in [2.24, 2.45) is 11.0 Å². The molecule has 0 aromatic rings. The molecule has 64 valence electrons. The van der Waals surface area contributed by atoms with Gasteiger partial charge >= 0.3 is 0 Å². The normalized spacial score (nSPS) is 13.0. The number of hydrogen-bond acceptors (Lipinski definition) is 2. The van der Waals surface area contributed by atoms with E-state index in [1.165, 1.54) is 0 Å². The van der Waals surface area contributed by atoms with Crippen LogP contribution in [-0.4, -0.2) is 18.4 Å². The molecule has 0 saturated heterocycles. The third-order valence-corrected chi connectivity index (χ3v) is 1.66. The second-order valence-corrected chi connectivity index (χ2v) is 2.76. The quantitative estimate of drug-likeness (QED) is 0.381. The lowest BCUT2D eigenvalue weighted by Gasteiger charge is -2.01. The molecular weight excluding hydrogens is 158 g/mol. The molecule has 11 heavy (non-hydrogen) atoms. The van der Waals surface area contributed by atoms with Crippen LogP contribution in [0.5, 0.6) is 0 Å². The van der Waals surface area contributed by atoms with E-state index in [2.05, 4.69) is 29.7 Å². The lowest BCUT2D eigenvalue weighted by atomic mass is 10.1. The maximum atomic E-state index is 4.81. The lowest BCUT2D eigenvalue weighted by molar-refractivity contribution is 0.747. The van der Waals surface area contributed by atoms with Gasteiger partial charge in [0.25, 0.3) is 0 Å². The highest BCUT2D eigenvalue weighted by Gasteiger charge is 1.91. The van der Waals surface area contributed by atoms with Crippen LogP contribution >= 0.6 is 12.2 Å². The molecule has 0 bridgehead atoms. The smallest absolute Gasteiger partial charge is 0.186 e. The fraction of sp³-hybridized carbons (Fsp3) is 0.714. The highest BCUT2D eigenvalue weighted by molar-refractivity contribution is 7.80. The largest absolute Gasteiger partial charge is 0.364 e. The first-order chi connectivity index (χ1) is 5.20. The summed E-state index contributed by atoms with van der Waals surface area (Å²) < 4.78 is 0. The summed E-state index contributed by atoms with van der Waals surface area (Å²) in [5.41, 5.74) is 2.69. The predicted octanol–water partition coefficient (Wildman–Crippen LogP) is 1.11. The first-order valence-electron chi connectivity index (χ1n) is 3.71. The Labute approximate surface area is 73.3 Å². The SMILES string of the molecule is CCC(C)/C=N/NC(=S)NC. The topological polar surface area (TPSA) is 36.4 Å². The second-order valence-electron chi connectivity index (χ2n) is 2.35. The van der Waals surface area contributed by atoms with E-state index >= 15 is 0 Å². The van der Waals surface area contributed by atoms with Crippen molar-refractivity contribution >= 4 is 23.5 Å². The van der Waals surface area contributed by atoms with Gasteiger partial charge in [0.05, 0.1) is 0 Å². The third kappa shape index (κ3) is 5.79. The number of rotatable bonds is 3. The van der Waals surface area contributed by atoms with Crippen molar-refractivity contribution in [1.82, 2.24) is 10.7 Å². The monoisotopic (exact) mass is 173 g/mol. The minimum absolute atomic E-state index is 0.502. The number of nitrogens with zero attached hydrogens (tertiary/aromatic N) is 1. The summed E-state index contributed by atoms with van der Waals surface area (Å²) in [7, 11) is 1.76. The van der Waals surface area contributed by atoms with Crippen molar-refractivity contribution in [2.45, 2.75) is 20.3 Å². The molecule has 0 aromatic heterocycles. The van der Waals surface area contributed by atoms with Crippen LogP contribution in [-0.2, 0) is 0 Å². The Bertz CT molecular complexity index is 145. The number of thiocarbonyl (C=S) groups is 1. The lowest BCUT2D eigenvalue weighted by Crippen LogP contribution is -2.28. The summed E-state index contributed by atoms with van der Waals surface area (Å²) in [6, 6.07) is 0. The van der Waals surface area contributed by atoms with Crippen molar-refractivity contribution in [3.05, 3.63) is 0 Å². The van der Waals surface area contributed by atoms with E-state index in [9.17, 15) is 0 Å². The molecule has 1 unspecified atom stereocenters. The molecule has 0 rings (SSSR count). The van der Waals surface area contributed by atoms with E-state index in [-0.39, 0.29) is 0 Å². The van der Waals surface area contributed by atoms with Crippen LogP contribution in [0.4, 0.5) is 0 Å². The molecule has 0 heterocycles. The van der Waals surface area contributed by atoms with E-state index in [1.807, 2.05) is 6.21 Å². The summed E-state index contributed by atoms with van der Waals surface area (Å²) in [4.78, 5) is 0. The van der Waals surface area contributed by atoms with Gasteiger partial charge in [0.15, 0.2) is 5.11 Å². The van der Waals surface area contributed by atoms with Gasteiger partial charge in [-0.3, -0.25) is 5.43 Å². The molecule has 1 atom stereocenters. The summed E-state index contributed by atoms with van der Waals surface area (Å²) >= 11 is 4.81. The molecule has 0 amide bonds. The van der Waals surface area contributed by atoms with Gasteiger partial charge in [-0.2, -0.15) is 5.10 Å². The van der Waals surface area contributed by atoms with Crippen molar-refractivity contribution in [3.8, 4) is 0 Å². The van der Waals surface area contributed by atoms with Gasteiger partial charge in [0.1, 0.15) is 0 Å². The van der Waals surface area contributed by atoms with E-state index in [0.717, 1.165) is 6.42 Å². The molecular formula is C7H15N3S. The Morgan fingerprint density at radius 3 is 2.82 bits per heavy atom. The second kappa shape index (κ2) is 6.09. The third-order valence-electron chi connectivity index (χ3n) is 1.37. The Kier molecular flexibility index (Phi) is 5.74. The van der Waals surface area contributed by atoms with Crippen molar-refractivity contribution in [1.29, 1.82) is 0 Å². The number of nitrogens with one attached hydrogen (secondary N) is 2. The zero-order valence-corrected chi connectivity index (χ0v) is 8.03. The molecule has 0 spiro atoms. The van der Waals surface area contributed by atoms with Crippen molar-refractivity contribution < 1.29 is 0 Å². The van der Waals surface area contributed by atoms with Gasteiger partial charge in [-0.25, -0.2) is 0 Å². The van der Waals surface area contributed by atoms with E-state index in [0.29, 0.717) is 11.0 Å². The maximum Gasteiger partial charge on any atom is 0.186 e. The van der Waals surface area contributed by atoms with Gasteiger partial charge in [0.2, 0.25) is 0 Å². The molecule has 0 radical (unpaired) electrons. The predicted molar refractivity (Wildman–Crippen MR) is 52.7 cm³/mol. The average molecular weight is 173 g/mol. The van der Waals surface area contributed by atoms with Crippen molar-refractivity contribution in [3.63, 3.8) is 0 Å². The standard InChI is InChI=1S/C7H15N3S/c1-4-6(2)5-9-10-7(11)8-3/h5-6H,4H2,1-3H3,(H2,8,10,11)/b9-5+. The number of hydrogen-bond donors (Lipinski definition) is 2. The molecule has 0 fully saturated rings. The highest BCUT2D eigenvalue weighted by atomic mass is 32.1. The van der Waals surface area contributed by atoms with Crippen LogP contribution in [0.2, 0.25) is 0 Å². The Hall–Kier alpha value is -0.640. The molecule has 0 aliphatic rings. The Balaban J connectivity index is 3.51.